The van der Waals surface area contributed by atoms with Crippen LogP contribution in [-0.4, -0.2) is 18.5 Å². The van der Waals surface area contributed by atoms with E-state index in [4.69, 9.17) is 5.53 Å². The Morgan fingerprint density at radius 2 is 2.00 bits per heavy atom. The van der Waals surface area contributed by atoms with Crippen molar-refractivity contribution in [3.05, 3.63) is 40.8 Å². The summed E-state index contributed by atoms with van der Waals surface area (Å²) in [5.41, 5.74) is 8.53. The molecule has 0 saturated heterocycles. The fraction of sp³-hybridized carbons (Fsp3) is 0.111. The molecule has 0 aliphatic carbocycles. The number of anilines is 1. The highest BCUT2D eigenvalue weighted by atomic mass is 16.2. The number of carbonyl (C=O) groups excluding carboxylic acids is 2. The topological polar surface area (TPSA) is 107 Å². The molecule has 1 aromatic carbocycles. The first-order valence-corrected chi connectivity index (χ1v) is 4.39. The van der Waals surface area contributed by atoms with E-state index in [0.717, 1.165) is 0 Å². The SMILES string of the molecule is [N-]=[N+]=NCC(=O)NC(=O)Nc1ccccc1. The van der Waals surface area contributed by atoms with Gasteiger partial charge in [-0.2, -0.15) is 0 Å². The number of urea groups is 1. The minimum Gasteiger partial charge on any atom is -0.308 e. The van der Waals surface area contributed by atoms with Crippen LogP contribution >= 0.6 is 0 Å². The van der Waals surface area contributed by atoms with Gasteiger partial charge < -0.3 is 5.32 Å². The molecule has 3 amide bonds. The van der Waals surface area contributed by atoms with Crippen LogP contribution in [-0.2, 0) is 4.79 Å². The summed E-state index contributed by atoms with van der Waals surface area (Å²) in [6, 6.07) is 7.99. The summed E-state index contributed by atoms with van der Waals surface area (Å²) in [6.07, 6.45) is 0. The lowest BCUT2D eigenvalue weighted by atomic mass is 10.3. The van der Waals surface area contributed by atoms with Crippen molar-refractivity contribution in [1.29, 1.82) is 0 Å². The summed E-state index contributed by atoms with van der Waals surface area (Å²) in [7, 11) is 0. The predicted molar refractivity (Wildman–Crippen MR) is 57.6 cm³/mol. The van der Waals surface area contributed by atoms with Gasteiger partial charge in [0.2, 0.25) is 5.91 Å². The molecular formula is C9H9N5O2. The number of rotatable bonds is 3. The van der Waals surface area contributed by atoms with Gasteiger partial charge in [-0.15, -0.1) is 0 Å². The molecule has 82 valence electrons. The molecule has 0 aliphatic rings. The molecule has 16 heavy (non-hydrogen) atoms. The first-order chi connectivity index (χ1) is 7.72. The second kappa shape index (κ2) is 6.05. The number of nitrogens with zero attached hydrogens (tertiary/aromatic N) is 3. The van der Waals surface area contributed by atoms with Crippen molar-refractivity contribution in [2.24, 2.45) is 5.11 Å². The third-order valence-electron chi connectivity index (χ3n) is 1.56. The van der Waals surface area contributed by atoms with Gasteiger partial charge in [0, 0.05) is 10.6 Å². The molecule has 1 aromatic rings. The minimum absolute atomic E-state index is 0.404. The molecule has 0 saturated carbocycles. The molecule has 0 atom stereocenters. The maximum Gasteiger partial charge on any atom is 0.325 e. The molecule has 0 bridgehead atoms. The smallest absolute Gasteiger partial charge is 0.308 e. The lowest BCUT2D eigenvalue weighted by Gasteiger charge is -2.04. The third kappa shape index (κ3) is 4.12. The Bertz CT molecular complexity index is 425. The highest BCUT2D eigenvalue weighted by Gasteiger charge is 2.05. The summed E-state index contributed by atoms with van der Waals surface area (Å²) in [4.78, 5) is 24.6. The van der Waals surface area contributed by atoms with Crippen LogP contribution in [0.15, 0.2) is 35.4 Å². The Hall–Kier alpha value is -2.53. The number of imide groups is 1. The standard InChI is InChI=1S/C9H9N5O2/c10-14-11-6-8(15)13-9(16)12-7-4-2-1-3-5-7/h1-5H,6H2,(H2,12,13,15,16). The van der Waals surface area contributed by atoms with Gasteiger partial charge in [0.25, 0.3) is 0 Å². The van der Waals surface area contributed by atoms with Crippen molar-refractivity contribution in [3.8, 4) is 0 Å². The molecule has 7 heteroatoms. The van der Waals surface area contributed by atoms with Crippen LogP contribution in [0.4, 0.5) is 10.5 Å². The number of carbonyl (C=O) groups is 2. The third-order valence-corrected chi connectivity index (χ3v) is 1.56. The number of nitrogens with one attached hydrogen (secondary N) is 2. The van der Waals surface area contributed by atoms with E-state index in [1.807, 2.05) is 5.32 Å². The molecule has 0 radical (unpaired) electrons. The number of para-hydroxylation sites is 1. The molecule has 2 N–H and O–H groups in total. The van der Waals surface area contributed by atoms with Gasteiger partial charge >= 0.3 is 6.03 Å². The van der Waals surface area contributed by atoms with Gasteiger partial charge in [0.15, 0.2) is 0 Å². The second-order valence-electron chi connectivity index (χ2n) is 2.76. The molecule has 7 nitrogen and oxygen atoms in total. The fourth-order valence-corrected chi connectivity index (χ4v) is 0.946. The lowest BCUT2D eigenvalue weighted by Crippen LogP contribution is -2.35. The zero-order valence-electron chi connectivity index (χ0n) is 8.25. The molecular weight excluding hydrogens is 210 g/mol. The van der Waals surface area contributed by atoms with E-state index in [0.29, 0.717) is 5.69 Å². The summed E-state index contributed by atoms with van der Waals surface area (Å²) >= 11 is 0. The van der Waals surface area contributed by atoms with Crippen LogP contribution in [0.2, 0.25) is 0 Å². The normalized spacial score (nSPS) is 8.75. The summed E-state index contributed by atoms with van der Waals surface area (Å²) in [6.45, 7) is -0.404. The number of hydrogen-bond donors (Lipinski definition) is 2. The fourth-order valence-electron chi connectivity index (χ4n) is 0.946. The first kappa shape index (κ1) is 11.5. The van der Waals surface area contributed by atoms with Crippen molar-refractivity contribution in [2.75, 3.05) is 11.9 Å². The lowest BCUT2D eigenvalue weighted by molar-refractivity contribution is -0.118. The van der Waals surface area contributed by atoms with Crippen molar-refractivity contribution in [3.63, 3.8) is 0 Å². The predicted octanol–water partition coefficient (Wildman–Crippen LogP) is 1.64. The van der Waals surface area contributed by atoms with Gasteiger partial charge in [-0.25, -0.2) is 4.79 Å². The molecule has 0 unspecified atom stereocenters. The van der Waals surface area contributed by atoms with E-state index < -0.39 is 18.5 Å². The summed E-state index contributed by atoms with van der Waals surface area (Å²) < 4.78 is 0. The van der Waals surface area contributed by atoms with E-state index in [9.17, 15) is 9.59 Å². The largest absolute Gasteiger partial charge is 0.325 e. The van der Waals surface area contributed by atoms with Crippen LogP contribution < -0.4 is 10.6 Å². The molecule has 0 heterocycles. The van der Waals surface area contributed by atoms with Crippen LogP contribution in [0.5, 0.6) is 0 Å². The van der Waals surface area contributed by atoms with E-state index in [-0.39, 0.29) is 0 Å². The Morgan fingerprint density at radius 1 is 1.31 bits per heavy atom. The zero-order valence-corrected chi connectivity index (χ0v) is 8.25. The summed E-state index contributed by atoms with van der Waals surface area (Å²) in [5.74, 6) is -0.661. The maximum atomic E-state index is 11.2. The van der Waals surface area contributed by atoms with Crippen molar-refractivity contribution in [1.82, 2.24) is 5.32 Å². The Balaban J connectivity index is 2.42. The molecule has 0 fully saturated rings. The minimum atomic E-state index is -0.663. The van der Waals surface area contributed by atoms with E-state index in [1.165, 1.54) is 0 Å². The van der Waals surface area contributed by atoms with E-state index in [1.54, 1.807) is 30.3 Å². The number of azide groups is 1. The van der Waals surface area contributed by atoms with E-state index in [2.05, 4.69) is 15.3 Å². The molecule has 1 rings (SSSR count). The molecule has 0 aliphatic heterocycles. The van der Waals surface area contributed by atoms with Crippen LogP contribution in [0, 0.1) is 0 Å². The maximum absolute atomic E-state index is 11.2. The summed E-state index contributed by atoms with van der Waals surface area (Å²) in [5, 5.41) is 7.47. The zero-order chi connectivity index (χ0) is 11.8. The Morgan fingerprint density at radius 3 is 2.62 bits per heavy atom. The second-order valence-corrected chi connectivity index (χ2v) is 2.76. The highest BCUT2D eigenvalue weighted by molar-refractivity contribution is 6.01. The highest BCUT2D eigenvalue weighted by Crippen LogP contribution is 2.03. The average molecular weight is 219 g/mol. The van der Waals surface area contributed by atoms with Crippen molar-refractivity contribution >= 4 is 17.6 Å². The van der Waals surface area contributed by atoms with Crippen LogP contribution in [0.1, 0.15) is 0 Å². The quantitative estimate of drug-likeness (QED) is 0.458. The van der Waals surface area contributed by atoms with Crippen LogP contribution in [0.25, 0.3) is 10.4 Å². The Labute approximate surface area is 91.1 Å². The number of amides is 3. The number of hydrogen-bond acceptors (Lipinski definition) is 3. The van der Waals surface area contributed by atoms with Crippen molar-refractivity contribution < 1.29 is 9.59 Å². The first-order valence-electron chi connectivity index (χ1n) is 4.39. The van der Waals surface area contributed by atoms with Gasteiger partial charge in [-0.05, 0) is 17.7 Å². The molecule has 0 aromatic heterocycles. The van der Waals surface area contributed by atoms with E-state index >= 15 is 0 Å². The number of benzene rings is 1. The Kier molecular flexibility index (Phi) is 4.36. The van der Waals surface area contributed by atoms with Gasteiger partial charge in [0.1, 0.15) is 6.54 Å². The average Bonchev–Trinajstić information content (AvgIpc) is 2.27. The van der Waals surface area contributed by atoms with Crippen LogP contribution in [0.3, 0.4) is 0 Å². The van der Waals surface area contributed by atoms with Gasteiger partial charge in [0.05, 0.1) is 0 Å². The van der Waals surface area contributed by atoms with Gasteiger partial charge in [-0.3, -0.25) is 10.1 Å². The van der Waals surface area contributed by atoms with Gasteiger partial charge in [-0.1, -0.05) is 23.3 Å². The monoisotopic (exact) mass is 219 g/mol. The van der Waals surface area contributed by atoms with Crippen molar-refractivity contribution in [2.45, 2.75) is 0 Å². The molecule has 0 spiro atoms.